The minimum absolute atomic E-state index is 0.779. The predicted molar refractivity (Wildman–Crippen MR) is 105 cm³/mol. The lowest BCUT2D eigenvalue weighted by Gasteiger charge is -2.06. The first-order valence-electron chi connectivity index (χ1n) is 7.84. The maximum Gasteiger partial charge on any atom is 0.0603 e. The third kappa shape index (κ3) is 3.08. The molecular formula is C21H16ClNS. The molecule has 3 heteroatoms. The van der Waals surface area contributed by atoms with E-state index in [4.69, 9.17) is 11.6 Å². The number of aromatic amines is 1. The summed E-state index contributed by atoms with van der Waals surface area (Å²) in [5.41, 5.74) is 4.85. The van der Waals surface area contributed by atoms with Gasteiger partial charge in [0.1, 0.15) is 0 Å². The number of hydrogen-bond donors (Lipinski definition) is 1. The highest BCUT2D eigenvalue weighted by molar-refractivity contribution is 7.98. The summed E-state index contributed by atoms with van der Waals surface area (Å²) in [6.07, 6.45) is 0. The van der Waals surface area contributed by atoms with Crippen molar-refractivity contribution in [3.05, 3.63) is 89.4 Å². The van der Waals surface area contributed by atoms with Gasteiger partial charge in [0.2, 0.25) is 0 Å². The molecule has 4 aromatic rings. The first-order chi connectivity index (χ1) is 11.8. The van der Waals surface area contributed by atoms with Gasteiger partial charge < -0.3 is 4.98 Å². The van der Waals surface area contributed by atoms with Crippen molar-refractivity contribution in [2.75, 3.05) is 0 Å². The lowest BCUT2D eigenvalue weighted by Crippen LogP contribution is -1.83. The van der Waals surface area contributed by atoms with Gasteiger partial charge in [-0.15, -0.1) is 11.8 Å². The molecule has 0 bridgehead atoms. The molecule has 24 heavy (non-hydrogen) atoms. The van der Waals surface area contributed by atoms with Crippen LogP contribution in [-0.2, 0) is 5.75 Å². The average molecular weight is 350 g/mol. The van der Waals surface area contributed by atoms with E-state index in [2.05, 4.69) is 65.6 Å². The van der Waals surface area contributed by atoms with Crippen molar-refractivity contribution in [3.8, 4) is 11.3 Å². The Kier molecular flexibility index (Phi) is 4.33. The van der Waals surface area contributed by atoms with E-state index in [1.807, 2.05) is 30.0 Å². The number of fused-ring (bicyclic) bond motifs is 1. The van der Waals surface area contributed by atoms with Crippen LogP contribution in [0.4, 0.5) is 0 Å². The fraction of sp³-hybridized carbons (Fsp3) is 0.0476. The van der Waals surface area contributed by atoms with Crippen LogP contribution in [0.3, 0.4) is 0 Å². The number of aromatic nitrogens is 1. The highest BCUT2D eigenvalue weighted by atomic mass is 35.5. The number of H-pyrrole nitrogens is 1. The van der Waals surface area contributed by atoms with Crippen molar-refractivity contribution < 1.29 is 0 Å². The highest BCUT2D eigenvalue weighted by Gasteiger charge is 2.13. The Morgan fingerprint density at radius 1 is 0.792 bits per heavy atom. The maximum atomic E-state index is 5.98. The van der Waals surface area contributed by atoms with E-state index in [1.54, 1.807) is 0 Å². The summed E-state index contributed by atoms with van der Waals surface area (Å²) in [5, 5.41) is 2.05. The SMILES string of the molecule is Clc1ccc(CSc2c(-c3ccccc3)[nH]c3ccccc23)cc1. The highest BCUT2D eigenvalue weighted by Crippen LogP contribution is 2.39. The van der Waals surface area contributed by atoms with Gasteiger partial charge in [-0.3, -0.25) is 0 Å². The van der Waals surface area contributed by atoms with Gasteiger partial charge in [-0.1, -0.05) is 72.3 Å². The smallest absolute Gasteiger partial charge is 0.0603 e. The van der Waals surface area contributed by atoms with Crippen molar-refractivity contribution in [2.24, 2.45) is 0 Å². The van der Waals surface area contributed by atoms with Gasteiger partial charge >= 0.3 is 0 Å². The molecular weight excluding hydrogens is 334 g/mol. The number of benzene rings is 3. The Morgan fingerprint density at radius 2 is 1.50 bits per heavy atom. The van der Waals surface area contributed by atoms with E-state index in [1.165, 1.54) is 32.6 Å². The van der Waals surface area contributed by atoms with Crippen LogP contribution < -0.4 is 0 Å². The minimum atomic E-state index is 0.779. The van der Waals surface area contributed by atoms with Crippen LogP contribution in [0.1, 0.15) is 5.56 Å². The molecule has 1 aromatic heterocycles. The zero-order valence-electron chi connectivity index (χ0n) is 13.0. The molecule has 0 fully saturated rings. The lowest BCUT2D eigenvalue weighted by atomic mass is 10.1. The minimum Gasteiger partial charge on any atom is -0.354 e. The number of halogens is 1. The zero-order valence-corrected chi connectivity index (χ0v) is 14.6. The number of rotatable bonds is 4. The Balaban J connectivity index is 1.74. The van der Waals surface area contributed by atoms with Gasteiger partial charge in [0.05, 0.1) is 5.69 Å². The lowest BCUT2D eigenvalue weighted by molar-refractivity contribution is 1.37. The van der Waals surface area contributed by atoms with Crippen molar-refractivity contribution in [3.63, 3.8) is 0 Å². The van der Waals surface area contributed by atoms with E-state index in [0.29, 0.717) is 0 Å². The van der Waals surface area contributed by atoms with E-state index in [9.17, 15) is 0 Å². The van der Waals surface area contributed by atoms with Crippen molar-refractivity contribution in [1.29, 1.82) is 0 Å². The Hall–Kier alpha value is -2.16. The number of para-hydroxylation sites is 1. The fourth-order valence-electron chi connectivity index (χ4n) is 2.81. The van der Waals surface area contributed by atoms with E-state index in [-0.39, 0.29) is 0 Å². The van der Waals surface area contributed by atoms with Crippen molar-refractivity contribution in [1.82, 2.24) is 4.98 Å². The standard InChI is InChI=1S/C21H16ClNS/c22-17-12-10-15(11-13-17)14-24-21-18-8-4-5-9-19(18)23-20(21)16-6-2-1-3-7-16/h1-13,23H,14H2. The first kappa shape index (κ1) is 15.4. The molecule has 118 valence electrons. The molecule has 0 aliphatic carbocycles. The monoisotopic (exact) mass is 349 g/mol. The number of hydrogen-bond acceptors (Lipinski definition) is 1. The summed E-state index contributed by atoms with van der Waals surface area (Å²) in [5.74, 6) is 0.916. The van der Waals surface area contributed by atoms with Crippen LogP contribution >= 0.6 is 23.4 Å². The molecule has 0 spiro atoms. The molecule has 0 aliphatic rings. The normalized spacial score (nSPS) is 11.0. The van der Waals surface area contributed by atoms with Gasteiger partial charge in [0, 0.05) is 26.6 Å². The number of nitrogens with one attached hydrogen (secondary N) is 1. The second-order valence-corrected chi connectivity index (χ2v) is 7.08. The van der Waals surface area contributed by atoms with Crippen LogP contribution in [0, 0.1) is 0 Å². The molecule has 0 saturated heterocycles. The largest absolute Gasteiger partial charge is 0.354 e. The predicted octanol–water partition coefficient (Wildman–Crippen LogP) is 6.78. The van der Waals surface area contributed by atoms with Crippen molar-refractivity contribution >= 4 is 34.3 Å². The summed E-state index contributed by atoms with van der Waals surface area (Å²) in [6.45, 7) is 0. The van der Waals surface area contributed by atoms with Gasteiger partial charge in [0.15, 0.2) is 0 Å². The molecule has 0 amide bonds. The van der Waals surface area contributed by atoms with Crippen LogP contribution in [0.5, 0.6) is 0 Å². The fourth-order valence-corrected chi connectivity index (χ4v) is 4.09. The quantitative estimate of drug-likeness (QED) is 0.401. The Morgan fingerprint density at radius 3 is 2.29 bits per heavy atom. The van der Waals surface area contributed by atoms with Gasteiger partial charge in [-0.05, 0) is 29.3 Å². The topological polar surface area (TPSA) is 15.8 Å². The molecule has 0 saturated carbocycles. The second-order valence-electron chi connectivity index (χ2n) is 5.66. The third-order valence-corrected chi connectivity index (χ3v) is 5.46. The molecule has 4 rings (SSSR count). The molecule has 1 heterocycles. The summed E-state index contributed by atoms with van der Waals surface area (Å²) < 4.78 is 0. The van der Waals surface area contributed by atoms with Crippen LogP contribution in [0.2, 0.25) is 5.02 Å². The third-order valence-electron chi connectivity index (χ3n) is 4.02. The van der Waals surface area contributed by atoms with Crippen molar-refractivity contribution in [2.45, 2.75) is 10.6 Å². The Labute approximate surface area is 150 Å². The average Bonchev–Trinajstić information content (AvgIpc) is 3.01. The molecule has 1 nitrogen and oxygen atoms in total. The van der Waals surface area contributed by atoms with E-state index in [0.717, 1.165) is 10.8 Å². The first-order valence-corrected chi connectivity index (χ1v) is 9.21. The Bertz CT molecular complexity index is 958. The van der Waals surface area contributed by atoms with Crippen LogP contribution in [0.15, 0.2) is 83.8 Å². The maximum absolute atomic E-state index is 5.98. The van der Waals surface area contributed by atoms with Crippen LogP contribution in [-0.4, -0.2) is 4.98 Å². The molecule has 0 radical (unpaired) electrons. The van der Waals surface area contributed by atoms with E-state index < -0.39 is 0 Å². The summed E-state index contributed by atoms with van der Waals surface area (Å²) in [6, 6.07) is 27.1. The molecule has 3 aromatic carbocycles. The van der Waals surface area contributed by atoms with Gasteiger partial charge in [-0.25, -0.2) is 0 Å². The molecule has 0 atom stereocenters. The summed E-state index contributed by atoms with van der Waals surface area (Å²) in [4.78, 5) is 4.88. The van der Waals surface area contributed by atoms with E-state index >= 15 is 0 Å². The second kappa shape index (κ2) is 6.76. The number of thioether (sulfide) groups is 1. The molecule has 0 unspecified atom stereocenters. The van der Waals surface area contributed by atoms with Gasteiger partial charge in [-0.2, -0.15) is 0 Å². The summed E-state index contributed by atoms with van der Waals surface area (Å²) >= 11 is 7.85. The van der Waals surface area contributed by atoms with Crippen LogP contribution in [0.25, 0.3) is 22.2 Å². The van der Waals surface area contributed by atoms with Gasteiger partial charge in [0.25, 0.3) is 0 Å². The molecule has 1 N–H and O–H groups in total. The molecule has 0 aliphatic heterocycles. The summed E-state index contributed by atoms with van der Waals surface area (Å²) in [7, 11) is 0. The zero-order chi connectivity index (χ0) is 16.4.